The van der Waals surface area contributed by atoms with Gasteiger partial charge in [-0.25, -0.2) is 9.69 Å². The topological polar surface area (TPSA) is 136 Å². The summed E-state index contributed by atoms with van der Waals surface area (Å²) in [5, 5.41) is -0.787. The first-order valence-corrected chi connectivity index (χ1v) is 19.9. The molecule has 1 atom stereocenters. The Morgan fingerprint density at radius 3 is 1.71 bits per heavy atom. The molecule has 0 rings (SSSR count). The lowest BCUT2D eigenvalue weighted by Gasteiger charge is -2.21. The van der Waals surface area contributed by atoms with Crippen molar-refractivity contribution in [2.45, 2.75) is 46.3 Å². The molecule has 1 unspecified atom stereocenters. The second kappa shape index (κ2) is 22.4. The van der Waals surface area contributed by atoms with E-state index in [2.05, 4.69) is 0 Å². The third-order valence-electron chi connectivity index (χ3n) is 3.75. The van der Waals surface area contributed by atoms with Crippen LogP contribution < -0.4 is 0 Å². The van der Waals surface area contributed by atoms with Crippen LogP contribution in [0.4, 0.5) is 4.79 Å². The summed E-state index contributed by atoms with van der Waals surface area (Å²) in [7, 11) is 4.18. The fourth-order valence-electron chi connectivity index (χ4n) is 2.07. The van der Waals surface area contributed by atoms with Crippen molar-refractivity contribution >= 4 is 81.7 Å². The number of ether oxygens (including phenoxy) is 3. The van der Waals surface area contributed by atoms with Gasteiger partial charge in [0.1, 0.15) is 5.25 Å². The van der Waals surface area contributed by atoms with Crippen LogP contribution in [0.25, 0.3) is 0 Å². The standard InChI is InChI=1S/C10H20NO5PS2.C10H19O6PS2/c1-5-14-10(13)11(4)9(12)8-19-17(18,15-6-2)16-7-3;1-5-15-9(11)7-8(10(12)16-6-2)19-17(18,13-3)14-4/h5-8H2,1-4H3;8H,5-7H2,1-4H3. The third kappa shape index (κ3) is 17.4. The van der Waals surface area contributed by atoms with E-state index in [4.69, 9.17) is 55.9 Å². The van der Waals surface area contributed by atoms with Gasteiger partial charge >= 0.3 is 18.0 Å². The average molecular weight is 660 g/mol. The molecule has 0 heterocycles. The minimum atomic E-state index is -2.65. The number of carbonyl (C=O) groups excluding carboxylic acids is 4. The van der Waals surface area contributed by atoms with Crippen LogP contribution in [0.5, 0.6) is 0 Å². The molecule has 0 bridgehead atoms. The summed E-state index contributed by atoms with van der Waals surface area (Å²) in [5.41, 5.74) is -5.16. The van der Waals surface area contributed by atoms with Crippen LogP contribution in [-0.4, -0.2) is 94.1 Å². The minimum absolute atomic E-state index is 0.0204. The maximum Gasteiger partial charge on any atom is 0.416 e. The number of hydrogen-bond acceptors (Lipinski definition) is 15. The molecule has 12 nitrogen and oxygen atoms in total. The van der Waals surface area contributed by atoms with E-state index in [1.54, 1.807) is 20.8 Å². The van der Waals surface area contributed by atoms with E-state index < -0.39 is 40.6 Å². The first-order valence-electron chi connectivity index (χ1n) is 11.5. The predicted octanol–water partition coefficient (Wildman–Crippen LogP) is 4.75. The van der Waals surface area contributed by atoms with Crippen LogP contribution in [-0.2, 0) is 70.3 Å². The van der Waals surface area contributed by atoms with Gasteiger partial charge in [0.2, 0.25) is 17.3 Å². The van der Waals surface area contributed by atoms with Crippen molar-refractivity contribution in [2.75, 3.05) is 60.1 Å². The van der Waals surface area contributed by atoms with Crippen molar-refractivity contribution in [1.29, 1.82) is 0 Å². The molecule has 0 fully saturated rings. The van der Waals surface area contributed by atoms with Crippen molar-refractivity contribution in [1.82, 2.24) is 4.90 Å². The molecule has 18 heteroatoms. The van der Waals surface area contributed by atoms with Gasteiger partial charge in [-0.05, 0) is 58.2 Å². The van der Waals surface area contributed by atoms with Gasteiger partial charge in [0.05, 0.1) is 45.2 Å². The number of rotatable bonds is 17. The number of amides is 2. The average Bonchev–Trinajstić information content (AvgIpc) is 2.87. The summed E-state index contributed by atoms with van der Waals surface area (Å²) < 4.78 is 35.4. The first kappa shape index (κ1) is 39.9. The number of imide groups is 1. The van der Waals surface area contributed by atoms with E-state index in [9.17, 15) is 19.2 Å². The van der Waals surface area contributed by atoms with Crippen LogP contribution in [0, 0.1) is 0 Å². The van der Waals surface area contributed by atoms with E-state index in [1.807, 2.05) is 13.8 Å². The van der Waals surface area contributed by atoms with Crippen molar-refractivity contribution in [2.24, 2.45) is 0 Å². The van der Waals surface area contributed by atoms with Gasteiger partial charge in [-0.15, -0.1) is 0 Å². The highest BCUT2D eigenvalue weighted by Crippen LogP contribution is 2.62. The molecule has 0 aromatic carbocycles. The maximum absolute atomic E-state index is 11.8. The van der Waals surface area contributed by atoms with Gasteiger partial charge in [-0.3, -0.25) is 14.4 Å². The first-order chi connectivity index (χ1) is 17.8. The highest BCUT2D eigenvalue weighted by Gasteiger charge is 2.32. The summed E-state index contributed by atoms with van der Waals surface area (Å²) in [6.45, 7) is 10.2. The van der Waals surface area contributed by atoms with Gasteiger partial charge in [0, 0.05) is 21.3 Å². The van der Waals surface area contributed by atoms with Crippen molar-refractivity contribution in [3.05, 3.63) is 0 Å². The molecule has 0 spiro atoms. The van der Waals surface area contributed by atoms with Gasteiger partial charge in [0.15, 0.2) is 0 Å². The lowest BCUT2D eigenvalue weighted by atomic mass is 10.3. The summed E-state index contributed by atoms with van der Waals surface area (Å²) in [4.78, 5) is 47.3. The Hall–Kier alpha value is -0.280. The molecule has 224 valence electrons. The van der Waals surface area contributed by atoms with Crippen molar-refractivity contribution < 1.29 is 51.5 Å². The number of esters is 2. The van der Waals surface area contributed by atoms with E-state index in [-0.39, 0.29) is 32.0 Å². The molecule has 0 N–H and O–H groups in total. The zero-order chi connectivity index (χ0) is 29.8. The second-order valence-electron chi connectivity index (χ2n) is 6.38. The molecule has 2 amide bonds. The number of nitrogens with zero attached hydrogens (tertiary/aromatic N) is 1. The van der Waals surface area contributed by atoms with Gasteiger partial charge < -0.3 is 32.3 Å². The van der Waals surface area contributed by atoms with E-state index in [0.717, 1.165) is 27.7 Å². The summed E-state index contributed by atoms with van der Waals surface area (Å²) in [5.74, 6) is -1.38. The molecule has 0 saturated carbocycles. The van der Waals surface area contributed by atoms with Gasteiger partial charge in [0.25, 0.3) is 0 Å². The molecule has 0 aliphatic rings. The van der Waals surface area contributed by atoms with E-state index in [0.29, 0.717) is 13.2 Å². The zero-order valence-corrected chi connectivity index (χ0v) is 28.0. The van der Waals surface area contributed by atoms with Gasteiger partial charge in [-0.1, -0.05) is 22.8 Å². The molecule has 38 heavy (non-hydrogen) atoms. The highest BCUT2D eigenvalue weighted by molar-refractivity contribution is 8.68. The largest absolute Gasteiger partial charge is 0.466 e. The zero-order valence-electron chi connectivity index (χ0n) is 23.0. The molecular weight excluding hydrogens is 620 g/mol. The summed E-state index contributed by atoms with van der Waals surface area (Å²) in [6, 6.07) is 0. The highest BCUT2D eigenvalue weighted by atomic mass is 32.9. The Morgan fingerprint density at radius 1 is 0.789 bits per heavy atom. The predicted molar refractivity (Wildman–Crippen MR) is 157 cm³/mol. The Kier molecular flexibility index (Phi) is 23.5. The third-order valence-corrected chi connectivity index (χ3v) is 15.0. The molecular formula is C20H39NO11P2S4. The maximum atomic E-state index is 11.8. The molecule has 0 saturated heterocycles. The molecule has 0 aliphatic heterocycles. The lowest BCUT2D eigenvalue weighted by molar-refractivity contribution is -0.149. The fraction of sp³-hybridized carbons (Fsp3) is 0.800. The quantitative estimate of drug-likeness (QED) is 0.121. The van der Waals surface area contributed by atoms with Crippen LogP contribution in [0.2, 0.25) is 0 Å². The van der Waals surface area contributed by atoms with Crippen LogP contribution in [0.1, 0.15) is 41.0 Å². The van der Waals surface area contributed by atoms with Gasteiger partial charge in [-0.2, -0.15) is 0 Å². The second-order valence-corrected chi connectivity index (χ2v) is 19.3. The SMILES string of the molecule is CCOC(=O)CC(SP(=S)(OC)OC)C(=O)OCC.CCOC(=O)N(C)C(=O)CSP(=S)(OCC)OCC. The van der Waals surface area contributed by atoms with Crippen molar-refractivity contribution in [3.8, 4) is 0 Å². The van der Waals surface area contributed by atoms with Crippen LogP contribution >= 0.6 is 34.2 Å². The summed E-state index contributed by atoms with van der Waals surface area (Å²) in [6.07, 6.45) is -0.795. The summed E-state index contributed by atoms with van der Waals surface area (Å²) >= 11 is 12.6. The number of carbonyl (C=O) groups is 4. The molecule has 0 aliphatic carbocycles. The minimum Gasteiger partial charge on any atom is -0.466 e. The lowest BCUT2D eigenvalue weighted by Crippen LogP contribution is -2.34. The Bertz CT molecular complexity index is 817. The van der Waals surface area contributed by atoms with Crippen LogP contribution in [0.15, 0.2) is 0 Å². The molecule has 0 aromatic heterocycles. The van der Waals surface area contributed by atoms with E-state index >= 15 is 0 Å². The smallest absolute Gasteiger partial charge is 0.416 e. The normalized spacial score (nSPS) is 12.0. The monoisotopic (exact) mass is 659 g/mol. The van der Waals surface area contributed by atoms with Crippen LogP contribution in [0.3, 0.4) is 0 Å². The number of hydrogen-bond donors (Lipinski definition) is 0. The fourth-order valence-corrected chi connectivity index (χ4v) is 10.2. The van der Waals surface area contributed by atoms with E-state index in [1.165, 1.54) is 21.3 Å². The molecule has 0 aromatic rings. The van der Waals surface area contributed by atoms with Crippen molar-refractivity contribution in [3.63, 3.8) is 0 Å². The molecule has 0 radical (unpaired) electrons. The Labute approximate surface area is 243 Å². The Morgan fingerprint density at radius 2 is 1.29 bits per heavy atom. The Balaban J connectivity index is 0.